The van der Waals surface area contributed by atoms with E-state index >= 15 is 0 Å². The van der Waals surface area contributed by atoms with Crippen molar-refractivity contribution in [3.63, 3.8) is 0 Å². The Morgan fingerprint density at radius 3 is 2.70 bits per heavy atom. The average Bonchev–Trinajstić information content (AvgIpc) is 3.27. The molecule has 2 atom stereocenters. The second kappa shape index (κ2) is 11.7. The molecule has 3 rings (SSSR count). The Labute approximate surface area is 193 Å². The molecule has 0 saturated carbocycles. The zero-order valence-corrected chi connectivity index (χ0v) is 19.3. The molecule has 3 aromatic rings. The van der Waals surface area contributed by atoms with Crippen LogP contribution < -0.4 is 10.6 Å². The number of nitrogens with zero attached hydrogens (tertiary/aromatic N) is 3. The highest BCUT2D eigenvalue weighted by Gasteiger charge is 2.13. The van der Waals surface area contributed by atoms with E-state index in [9.17, 15) is 9.50 Å². The molecule has 160 valence electrons. The summed E-state index contributed by atoms with van der Waals surface area (Å²) in [6, 6.07) is 16.1. The van der Waals surface area contributed by atoms with Gasteiger partial charge in [-0.25, -0.2) is 9.07 Å². The molecular formula is C22H27FIN5O. The van der Waals surface area contributed by atoms with Crippen molar-refractivity contribution in [2.75, 3.05) is 13.1 Å². The van der Waals surface area contributed by atoms with Gasteiger partial charge in [-0.2, -0.15) is 5.10 Å². The number of hydrogen-bond donors (Lipinski definition) is 3. The summed E-state index contributed by atoms with van der Waals surface area (Å²) < 4.78 is 15.7. The van der Waals surface area contributed by atoms with Crippen LogP contribution in [0.15, 0.2) is 72.0 Å². The number of nitrogens with one attached hydrogen (secondary N) is 2. The molecule has 0 aliphatic rings. The highest BCUT2D eigenvalue weighted by molar-refractivity contribution is 14.0. The van der Waals surface area contributed by atoms with Gasteiger partial charge in [0.25, 0.3) is 0 Å². The Morgan fingerprint density at radius 2 is 2.00 bits per heavy atom. The fourth-order valence-electron chi connectivity index (χ4n) is 2.99. The largest absolute Gasteiger partial charge is 0.386 e. The molecule has 8 heteroatoms. The van der Waals surface area contributed by atoms with Crippen molar-refractivity contribution in [1.82, 2.24) is 20.4 Å². The SMILES string of the molecule is CCNC(=NCC(O)c1ccccc1F)NC(C)c1cccc(-n2cccn2)c1.I. The number of aliphatic imine (C=N–C) groups is 1. The van der Waals surface area contributed by atoms with Crippen molar-refractivity contribution < 1.29 is 9.50 Å². The monoisotopic (exact) mass is 523 g/mol. The predicted octanol–water partition coefficient (Wildman–Crippen LogP) is 3.98. The first-order chi connectivity index (χ1) is 14.1. The topological polar surface area (TPSA) is 74.5 Å². The number of halogens is 2. The fourth-order valence-corrected chi connectivity index (χ4v) is 2.99. The van der Waals surface area contributed by atoms with E-state index in [0.29, 0.717) is 12.5 Å². The highest BCUT2D eigenvalue weighted by Crippen LogP contribution is 2.18. The van der Waals surface area contributed by atoms with Gasteiger partial charge in [0.15, 0.2) is 5.96 Å². The molecule has 2 unspecified atom stereocenters. The van der Waals surface area contributed by atoms with E-state index in [1.54, 1.807) is 29.1 Å². The summed E-state index contributed by atoms with van der Waals surface area (Å²) in [7, 11) is 0. The Morgan fingerprint density at radius 1 is 1.20 bits per heavy atom. The Balaban J connectivity index is 0.00000320. The van der Waals surface area contributed by atoms with Crippen LogP contribution in [0.2, 0.25) is 0 Å². The van der Waals surface area contributed by atoms with Crippen molar-refractivity contribution in [3.8, 4) is 5.69 Å². The predicted molar refractivity (Wildman–Crippen MR) is 128 cm³/mol. The third kappa shape index (κ3) is 6.27. The van der Waals surface area contributed by atoms with Crippen molar-refractivity contribution in [2.24, 2.45) is 4.99 Å². The van der Waals surface area contributed by atoms with Gasteiger partial charge in [-0.15, -0.1) is 24.0 Å². The highest BCUT2D eigenvalue weighted by atomic mass is 127. The first-order valence-corrected chi connectivity index (χ1v) is 9.65. The summed E-state index contributed by atoms with van der Waals surface area (Å²) in [6.07, 6.45) is 2.63. The van der Waals surface area contributed by atoms with Crippen molar-refractivity contribution >= 4 is 29.9 Å². The summed E-state index contributed by atoms with van der Waals surface area (Å²) in [5.41, 5.74) is 2.28. The number of aliphatic hydroxyl groups excluding tert-OH is 1. The number of aromatic nitrogens is 2. The lowest BCUT2D eigenvalue weighted by Crippen LogP contribution is -2.39. The quantitative estimate of drug-likeness (QED) is 0.249. The first-order valence-electron chi connectivity index (χ1n) is 9.65. The third-order valence-electron chi connectivity index (χ3n) is 4.52. The van der Waals surface area contributed by atoms with Crippen molar-refractivity contribution in [1.29, 1.82) is 0 Å². The molecule has 0 bridgehead atoms. The van der Waals surface area contributed by atoms with Gasteiger partial charge in [0.2, 0.25) is 0 Å². The zero-order chi connectivity index (χ0) is 20.6. The van der Waals surface area contributed by atoms with Crippen LogP contribution in [0.3, 0.4) is 0 Å². The average molecular weight is 523 g/mol. The molecule has 0 aliphatic carbocycles. The van der Waals surface area contributed by atoms with Crippen LogP contribution in [-0.4, -0.2) is 33.9 Å². The second-order valence-electron chi connectivity index (χ2n) is 6.67. The van der Waals surface area contributed by atoms with Crippen LogP contribution in [0.25, 0.3) is 5.69 Å². The van der Waals surface area contributed by atoms with Crippen LogP contribution in [0.5, 0.6) is 0 Å². The molecule has 0 amide bonds. The van der Waals surface area contributed by atoms with Crippen molar-refractivity contribution in [3.05, 3.63) is 83.9 Å². The minimum Gasteiger partial charge on any atom is -0.386 e. The molecule has 3 N–H and O–H groups in total. The van der Waals surface area contributed by atoms with Crippen molar-refractivity contribution in [2.45, 2.75) is 26.0 Å². The number of guanidine groups is 1. The maximum Gasteiger partial charge on any atom is 0.191 e. The summed E-state index contributed by atoms with van der Waals surface area (Å²) in [5.74, 6) is 0.122. The number of rotatable bonds is 7. The minimum absolute atomic E-state index is 0. The molecule has 0 saturated heterocycles. The van der Waals surface area contributed by atoms with Gasteiger partial charge in [0.05, 0.1) is 18.3 Å². The smallest absolute Gasteiger partial charge is 0.191 e. The lowest BCUT2D eigenvalue weighted by Gasteiger charge is -2.19. The maximum absolute atomic E-state index is 13.9. The van der Waals surface area contributed by atoms with Gasteiger partial charge in [0, 0.05) is 24.5 Å². The number of aliphatic hydroxyl groups is 1. The number of hydrogen-bond acceptors (Lipinski definition) is 3. The number of benzene rings is 2. The normalized spacial score (nSPS) is 13.3. The van der Waals surface area contributed by atoms with Gasteiger partial charge >= 0.3 is 0 Å². The summed E-state index contributed by atoms with van der Waals surface area (Å²) in [6.45, 7) is 4.72. The Kier molecular flexibility index (Phi) is 9.25. The van der Waals surface area contributed by atoms with Crippen LogP contribution in [0, 0.1) is 5.82 Å². The van der Waals surface area contributed by atoms with Gasteiger partial charge in [-0.3, -0.25) is 4.99 Å². The van der Waals surface area contributed by atoms with E-state index in [-0.39, 0.29) is 42.1 Å². The molecule has 1 aromatic heterocycles. The molecule has 0 spiro atoms. The van der Waals surface area contributed by atoms with E-state index < -0.39 is 11.9 Å². The molecule has 2 aromatic carbocycles. The van der Waals surface area contributed by atoms with E-state index in [1.165, 1.54) is 6.07 Å². The maximum atomic E-state index is 13.9. The molecule has 0 aliphatic heterocycles. The van der Waals surface area contributed by atoms with Crippen LogP contribution in [-0.2, 0) is 0 Å². The molecule has 0 radical (unpaired) electrons. The minimum atomic E-state index is -1.01. The van der Waals surface area contributed by atoms with E-state index in [0.717, 1.165) is 11.3 Å². The zero-order valence-electron chi connectivity index (χ0n) is 17.0. The molecule has 1 heterocycles. The molecule has 30 heavy (non-hydrogen) atoms. The van der Waals surface area contributed by atoms with E-state index in [2.05, 4.69) is 26.8 Å². The lowest BCUT2D eigenvalue weighted by atomic mass is 10.1. The summed E-state index contributed by atoms with van der Waals surface area (Å²) in [4.78, 5) is 4.43. The van der Waals surface area contributed by atoms with E-state index in [1.807, 2.05) is 44.3 Å². The standard InChI is InChI=1S/C22H26FN5O.HI/c1-3-24-22(25-15-21(29)19-10-4-5-11-20(19)23)27-16(2)17-8-6-9-18(14-17)28-13-7-12-26-28;/h4-14,16,21,29H,3,15H2,1-2H3,(H2,24,25,27);1H. The van der Waals surface area contributed by atoms with E-state index in [4.69, 9.17) is 0 Å². The van der Waals surface area contributed by atoms with Gasteiger partial charge in [0.1, 0.15) is 11.9 Å². The molecular weight excluding hydrogens is 496 g/mol. The van der Waals surface area contributed by atoms with Gasteiger partial charge < -0.3 is 15.7 Å². The Bertz CT molecular complexity index is 948. The summed E-state index contributed by atoms with van der Waals surface area (Å²) in [5, 5.41) is 21.1. The lowest BCUT2D eigenvalue weighted by molar-refractivity contribution is 0.182. The Hall–Kier alpha value is -2.46. The molecule has 0 fully saturated rings. The van der Waals surface area contributed by atoms with Crippen LogP contribution in [0.4, 0.5) is 4.39 Å². The molecule has 6 nitrogen and oxygen atoms in total. The van der Waals surface area contributed by atoms with Gasteiger partial charge in [-0.1, -0.05) is 30.3 Å². The van der Waals surface area contributed by atoms with Crippen LogP contribution >= 0.6 is 24.0 Å². The third-order valence-corrected chi connectivity index (χ3v) is 4.52. The fraction of sp³-hybridized carbons (Fsp3) is 0.273. The first kappa shape index (κ1) is 23.8. The second-order valence-corrected chi connectivity index (χ2v) is 6.67. The van der Waals surface area contributed by atoms with Gasteiger partial charge in [-0.05, 0) is 43.7 Å². The van der Waals surface area contributed by atoms with Crippen LogP contribution in [0.1, 0.15) is 37.1 Å². The summed E-state index contributed by atoms with van der Waals surface area (Å²) >= 11 is 0.